The molecule has 328 valence electrons. The second-order valence-electron chi connectivity index (χ2n) is 21.3. The minimum absolute atomic E-state index is 0.220. The Morgan fingerprint density at radius 3 is 1.66 bits per heavy atom. The number of hydrogen-bond donors (Lipinski definition) is 0. The summed E-state index contributed by atoms with van der Waals surface area (Å²) in [7, 11) is 0. The predicted octanol–water partition coefficient (Wildman–Crippen LogP) is 18.2. The van der Waals surface area contributed by atoms with E-state index in [1.54, 1.807) is 0 Å². The molecule has 0 atom stereocenters. The van der Waals surface area contributed by atoms with Crippen molar-refractivity contribution in [1.82, 2.24) is 0 Å². The first-order valence-electron chi connectivity index (χ1n) is 24.2. The summed E-state index contributed by atoms with van der Waals surface area (Å²) < 4.78 is 13.8. The largest absolute Gasteiger partial charge is 0.455 e. The number of benzene rings is 9. The van der Waals surface area contributed by atoms with Gasteiger partial charge in [0.15, 0.2) is 0 Å². The van der Waals surface area contributed by atoms with Gasteiger partial charge >= 0.3 is 0 Å². The molecule has 3 heteroatoms. The lowest BCUT2D eigenvalue weighted by Crippen LogP contribution is -2.24. The van der Waals surface area contributed by atoms with Crippen LogP contribution in [0, 0.1) is 13.8 Å². The van der Waals surface area contributed by atoms with E-state index in [9.17, 15) is 0 Å². The number of fused-ring (bicyclic) bond motifs is 19. The first kappa shape index (κ1) is 39.5. The fraction of sp³-hybridized carbons (Fsp3) is 0.169. The summed E-state index contributed by atoms with van der Waals surface area (Å²) in [6.07, 6.45) is 0. The highest BCUT2D eigenvalue weighted by molar-refractivity contribution is 6.21. The zero-order valence-electron chi connectivity index (χ0n) is 39.9. The van der Waals surface area contributed by atoms with Crippen LogP contribution in [0.4, 0.5) is 17.1 Å². The lowest BCUT2D eigenvalue weighted by Gasteiger charge is -2.32. The summed E-state index contributed by atoms with van der Waals surface area (Å²) in [5, 5.41) is 4.75. The number of para-hydroxylation sites is 3. The molecule has 3 aliphatic rings. The van der Waals surface area contributed by atoms with Crippen molar-refractivity contribution in [2.75, 3.05) is 4.90 Å². The topological polar surface area (TPSA) is 29.5 Å². The summed E-state index contributed by atoms with van der Waals surface area (Å²) in [6, 6.07) is 60.7. The average Bonchev–Trinajstić information content (AvgIpc) is 4.09. The standard InChI is InChI=1S/C65H51NO2/c1-36-18-17-20-38(32-36)46-35-50-54(56-44-22-11-15-26-52(44)67-61(46)56)42-30-28-39(33-48(42)63(50,3)4)66(51-25-14-9-19-37(51)2)40-29-31-43-49(34-40)65(7,8)59-55(43)57-45-23-12-16-27-53(45)68-62(57)58-41-21-10-13-24-47(41)64(5,6)60(58)59/h9-35H,1-8H3. The van der Waals surface area contributed by atoms with Gasteiger partial charge in [0, 0.05) is 66.0 Å². The Balaban J connectivity index is 0.990. The maximum atomic E-state index is 6.98. The van der Waals surface area contributed by atoms with Gasteiger partial charge < -0.3 is 13.7 Å². The molecule has 0 radical (unpaired) electrons. The SMILES string of the molecule is Cc1cccc(-c2cc3c(c4c2oc2ccccc24)-c2ccc(N(c4ccc5c(c4)C(C)(C)c4c6c(c7oc8ccccc8c7c4-5)-c4ccccc4C6(C)C)c4ccccc4C)cc2C3(C)C)c1. The molecule has 11 aromatic rings. The molecule has 0 saturated carbocycles. The van der Waals surface area contributed by atoms with Gasteiger partial charge in [-0.3, -0.25) is 0 Å². The molecule has 0 fully saturated rings. The van der Waals surface area contributed by atoms with Crippen molar-refractivity contribution in [1.29, 1.82) is 0 Å². The summed E-state index contributed by atoms with van der Waals surface area (Å²) in [6.45, 7) is 18.9. The molecular weight excluding hydrogens is 827 g/mol. The van der Waals surface area contributed by atoms with Crippen LogP contribution in [-0.4, -0.2) is 0 Å². The van der Waals surface area contributed by atoms with E-state index in [0.717, 1.165) is 44.7 Å². The molecular formula is C65H51NO2. The van der Waals surface area contributed by atoms with E-state index in [0.29, 0.717) is 0 Å². The van der Waals surface area contributed by atoms with Crippen LogP contribution in [0.15, 0.2) is 173 Å². The molecule has 0 N–H and O–H groups in total. The van der Waals surface area contributed by atoms with Crippen LogP contribution in [-0.2, 0) is 16.2 Å². The van der Waals surface area contributed by atoms with Gasteiger partial charge in [0.05, 0.1) is 0 Å². The van der Waals surface area contributed by atoms with Gasteiger partial charge in [0.25, 0.3) is 0 Å². The minimum atomic E-state index is -0.316. The average molecular weight is 878 g/mol. The van der Waals surface area contributed by atoms with Crippen molar-refractivity contribution < 1.29 is 8.83 Å². The lowest BCUT2D eigenvalue weighted by molar-refractivity contribution is 0.600. The molecule has 0 saturated heterocycles. The summed E-state index contributed by atoms with van der Waals surface area (Å²) in [4.78, 5) is 2.50. The van der Waals surface area contributed by atoms with E-state index >= 15 is 0 Å². The molecule has 0 bridgehead atoms. The normalized spacial score (nSPS) is 15.4. The van der Waals surface area contributed by atoms with E-state index in [1.807, 2.05) is 0 Å². The Kier molecular flexibility index (Phi) is 7.73. The van der Waals surface area contributed by atoms with Crippen LogP contribution in [0.5, 0.6) is 0 Å². The van der Waals surface area contributed by atoms with Crippen molar-refractivity contribution in [3.8, 4) is 44.5 Å². The van der Waals surface area contributed by atoms with Gasteiger partial charge in [-0.2, -0.15) is 0 Å². The first-order valence-corrected chi connectivity index (χ1v) is 24.2. The Labute approximate surface area is 397 Å². The lowest BCUT2D eigenvalue weighted by atomic mass is 9.72. The Morgan fingerprint density at radius 1 is 0.397 bits per heavy atom. The molecule has 0 aliphatic heterocycles. The molecule has 68 heavy (non-hydrogen) atoms. The van der Waals surface area contributed by atoms with E-state index < -0.39 is 0 Å². The van der Waals surface area contributed by atoms with Gasteiger partial charge in [-0.05, 0) is 135 Å². The van der Waals surface area contributed by atoms with Crippen molar-refractivity contribution in [3.05, 3.63) is 208 Å². The second kappa shape index (κ2) is 13.3. The molecule has 14 rings (SSSR count). The number of rotatable bonds is 4. The van der Waals surface area contributed by atoms with Crippen LogP contribution in [0.25, 0.3) is 88.4 Å². The van der Waals surface area contributed by atoms with E-state index in [4.69, 9.17) is 8.83 Å². The van der Waals surface area contributed by atoms with E-state index in [-0.39, 0.29) is 16.2 Å². The highest BCUT2D eigenvalue weighted by atomic mass is 16.3. The van der Waals surface area contributed by atoms with Gasteiger partial charge in [0.1, 0.15) is 22.3 Å². The third-order valence-corrected chi connectivity index (χ3v) is 16.4. The van der Waals surface area contributed by atoms with E-state index in [1.165, 1.54) is 105 Å². The van der Waals surface area contributed by atoms with Gasteiger partial charge in [-0.25, -0.2) is 0 Å². The Morgan fingerprint density at radius 2 is 0.956 bits per heavy atom. The highest BCUT2D eigenvalue weighted by Crippen LogP contribution is 2.64. The summed E-state index contributed by atoms with van der Waals surface area (Å²) in [5.74, 6) is 0. The Hall–Kier alpha value is -7.62. The minimum Gasteiger partial charge on any atom is -0.455 e. The van der Waals surface area contributed by atoms with Gasteiger partial charge in [-0.15, -0.1) is 0 Å². The van der Waals surface area contributed by atoms with Crippen molar-refractivity contribution >= 4 is 60.9 Å². The maximum Gasteiger partial charge on any atom is 0.144 e. The van der Waals surface area contributed by atoms with Gasteiger partial charge in [-0.1, -0.05) is 162 Å². The first-order chi connectivity index (χ1) is 32.8. The number of furan rings is 2. The smallest absolute Gasteiger partial charge is 0.144 e. The van der Waals surface area contributed by atoms with Crippen molar-refractivity contribution in [2.24, 2.45) is 0 Å². The molecule has 3 aliphatic carbocycles. The predicted molar refractivity (Wildman–Crippen MR) is 283 cm³/mol. The van der Waals surface area contributed by atoms with Crippen LogP contribution < -0.4 is 4.90 Å². The highest BCUT2D eigenvalue weighted by Gasteiger charge is 2.49. The number of nitrogens with zero attached hydrogens (tertiary/aromatic N) is 1. The second-order valence-corrected chi connectivity index (χ2v) is 21.3. The molecule has 9 aromatic carbocycles. The molecule has 3 nitrogen and oxygen atoms in total. The summed E-state index contributed by atoms with van der Waals surface area (Å²) in [5.41, 5.74) is 27.0. The third-order valence-electron chi connectivity index (χ3n) is 16.4. The van der Waals surface area contributed by atoms with Crippen LogP contribution in [0.3, 0.4) is 0 Å². The molecule has 0 spiro atoms. The monoisotopic (exact) mass is 877 g/mol. The zero-order valence-corrected chi connectivity index (χ0v) is 39.9. The van der Waals surface area contributed by atoms with Crippen LogP contribution >= 0.6 is 0 Å². The van der Waals surface area contributed by atoms with Crippen molar-refractivity contribution in [2.45, 2.75) is 71.6 Å². The zero-order chi connectivity index (χ0) is 46.2. The molecule has 0 unspecified atom stereocenters. The van der Waals surface area contributed by atoms with Gasteiger partial charge in [0.2, 0.25) is 0 Å². The maximum absolute atomic E-state index is 6.98. The van der Waals surface area contributed by atoms with E-state index in [2.05, 4.69) is 224 Å². The molecule has 2 heterocycles. The fourth-order valence-corrected chi connectivity index (χ4v) is 13.1. The van der Waals surface area contributed by atoms with Crippen molar-refractivity contribution in [3.63, 3.8) is 0 Å². The molecule has 0 amide bonds. The number of aryl methyl sites for hydroxylation is 2. The number of hydrogen-bond acceptors (Lipinski definition) is 3. The number of anilines is 3. The summed E-state index contributed by atoms with van der Waals surface area (Å²) >= 11 is 0. The quantitative estimate of drug-likeness (QED) is 0.176. The third kappa shape index (κ3) is 4.98. The van der Waals surface area contributed by atoms with Crippen LogP contribution in [0.2, 0.25) is 0 Å². The Bertz CT molecular complexity index is 4040. The fourth-order valence-electron chi connectivity index (χ4n) is 13.1. The molecule has 2 aromatic heterocycles. The van der Waals surface area contributed by atoms with Crippen LogP contribution in [0.1, 0.15) is 86.1 Å².